The molecule has 0 aliphatic carbocycles. The molecule has 0 bridgehead atoms. The van der Waals surface area contributed by atoms with Crippen molar-refractivity contribution in [1.82, 2.24) is 9.47 Å². The fourth-order valence-electron chi connectivity index (χ4n) is 3.16. The van der Waals surface area contributed by atoms with E-state index in [2.05, 4.69) is 0 Å². The number of aromatic nitrogens is 1. The predicted molar refractivity (Wildman–Crippen MR) is 85.9 cm³/mol. The number of rotatable bonds is 3. The number of hydrogen-bond donors (Lipinski definition) is 0. The molecule has 0 fully saturated rings. The minimum atomic E-state index is -0.479. The molecule has 1 aliphatic heterocycles. The molecular formula is C16H17N3O5. The topological polar surface area (TPSA) is 94.7 Å². The van der Waals surface area contributed by atoms with Gasteiger partial charge in [-0.3, -0.25) is 19.7 Å². The van der Waals surface area contributed by atoms with Crippen LogP contribution in [0.3, 0.4) is 0 Å². The van der Waals surface area contributed by atoms with Crippen molar-refractivity contribution in [2.75, 3.05) is 20.7 Å². The van der Waals surface area contributed by atoms with Crippen molar-refractivity contribution in [2.45, 2.75) is 19.4 Å². The Labute approximate surface area is 137 Å². The lowest BCUT2D eigenvalue weighted by atomic mass is 10.1. The van der Waals surface area contributed by atoms with Gasteiger partial charge in [-0.05, 0) is 24.5 Å². The standard InChI is InChI=1S/C16H17N3O5/c1-17-7-3-4-11-12-8-10(19(22)23)5-6-13(12)18(9-14(20)24-2)15(11)16(17)21/h5-6,8H,3-4,7,9H2,1-2H3. The van der Waals surface area contributed by atoms with Crippen LogP contribution in [-0.4, -0.2) is 47.0 Å². The van der Waals surface area contributed by atoms with Crippen LogP contribution < -0.4 is 0 Å². The number of nitro groups is 1. The minimum absolute atomic E-state index is 0.0365. The normalized spacial score (nSPS) is 14.4. The Balaban J connectivity index is 2.30. The van der Waals surface area contributed by atoms with Gasteiger partial charge >= 0.3 is 5.97 Å². The molecule has 0 N–H and O–H groups in total. The Bertz CT molecular complexity index is 855. The van der Waals surface area contributed by atoms with Crippen LogP contribution in [0.1, 0.15) is 22.5 Å². The summed E-state index contributed by atoms with van der Waals surface area (Å²) in [5.74, 6) is -0.669. The third-order valence-electron chi connectivity index (χ3n) is 4.35. The largest absolute Gasteiger partial charge is 0.468 e. The van der Waals surface area contributed by atoms with Crippen molar-refractivity contribution >= 4 is 28.5 Å². The molecule has 2 aromatic rings. The van der Waals surface area contributed by atoms with Gasteiger partial charge in [0.1, 0.15) is 12.2 Å². The number of amides is 1. The SMILES string of the molecule is COC(=O)Cn1c2c(c3cc([N+](=O)[O-])ccc31)CCCN(C)C2=O. The Morgan fingerprint density at radius 2 is 2.17 bits per heavy atom. The van der Waals surface area contributed by atoms with Gasteiger partial charge in [0.05, 0.1) is 12.0 Å². The molecule has 24 heavy (non-hydrogen) atoms. The van der Waals surface area contributed by atoms with Gasteiger partial charge in [-0.2, -0.15) is 0 Å². The van der Waals surface area contributed by atoms with E-state index >= 15 is 0 Å². The highest BCUT2D eigenvalue weighted by molar-refractivity contribution is 6.03. The quantitative estimate of drug-likeness (QED) is 0.485. The van der Waals surface area contributed by atoms with Gasteiger partial charge in [-0.15, -0.1) is 0 Å². The van der Waals surface area contributed by atoms with E-state index in [0.717, 1.165) is 12.0 Å². The van der Waals surface area contributed by atoms with Crippen molar-refractivity contribution in [3.63, 3.8) is 0 Å². The number of ether oxygens (including phenoxy) is 1. The summed E-state index contributed by atoms with van der Waals surface area (Å²) in [4.78, 5) is 36.7. The van der Waals surface area contributed by atoms with Crippen molar-refractivity contribution in [2.24, 2.45) is 0 Å². The molecule has 0 atom stereocenters. The Morgan fingerprint density at radius 1 is 1.42 bits per heavy atom. The molecule has 1 amide bonds. The summed E-state index contributed by atoms with van der Waals surface area (Å²) in [6.45, 7) is 0.488. The van der Waals surface area contributed by atoms with E-state index in [-0.39, 0.29) is 18.1 Å². The molecule has 1 aromatic heterocycles. The van der Waals surface area contributed by atoms with E-state index in [1.807, 2.05) is 0 Å². The average Bonchev–Trinajstić information content (AvgIpc) is 2.78. The number of fused-ring (bicyclic) bond motifs is 3. The summed E-state index contributed by atoms with van der Waals surface area (Å²) in [7, 11) is 2.99. The number of nitrogens with zero attached hydrogens (tertiary/aromatic N) is 3. The molecule has 8 heteroatoms. The first kappa shape index (κ1) is 16.0. The molecule has 0 spiro atoms. The molecule has 0 unspecified atom stereocenters. The second-order valence-electron chi connectivity index (χ2n) is 5.78. The van der Waals surface area contributed by atoms with E-state index in [1.165, 1.54) is 19.2 Å². The van der Waals surface area contributed by atoms with Crippen LogP contribution in [0, 0.1) is 10.1 Å². The van der Waals surface area contributed by atoms with E-state index in [4.69, 9.17) is 4.74 Å². The number of carbonyl (C=O) groups is 2. The lowest BCUT2D eigenvalue weighted by Crippen LogP contribution is -2.29. The molecule has 0 saturated carbocycles. The Hall–Kier alpha value is -2.90. The molecular weight excluding hydrogens is 314 g/mol. The van der Waals surface area contributed by atoms with Gasteiger partial charge in [0.25, 0.3) is 11.6 Å². The first-order chi connectivity index (χ1) is 11.4. The number of esters is 1. The summed E-state index contributed by atoms with van der Waals surface area (Å²) in [5.41, 5.74) is 1.76. The predicted octanol–water partition coefficient (Wildman–Crippen LogP) is 1.74. The van der Waals surface area contributed by atoms with Crippen LogP contribution in [0.4, 0.5) is 5.69 Å². The number of non-ortho nitro benzene ring substituents is 1. The average molecular weight is 331 g/mol. The fraction of sp³-hybridized carbons (Fsp3) is 0.375. The zero-order valence-corrected chi connectivity index (χ0v) is 13.4. The highest BCUT2D eigenvalue weighted by atomic mass is 16.6. The van der Waals surface area contributed by atoms with Crippen LogP contribution >= 0.6 is 0 Å². The maximum atomic E-state index is 12.7. The van der Waals surface area contributed by atoms with E-state index in [9.17, 15) is 19.7 Å². The molecule has 8 nitrogen and oxygen atoms in total. The highest BCUT2D eigenvalue weighted by Gasteiger charge is 2.29. The van der Waals surface area contributed by atoms with Crippen LogP contribution in [0.25, 0.3) is 10.9 Å². The first-order valence-electron chi connectivity index (χ1n) is 7.56. The van der Waals surface area contributed by atoms with Crippen LogP contribution in [0.15, 0.2) is 18.2 Å². The molecule has 2 heterocycles. The summed E-state index contributed by atoms with van der Waals surface area (Å²) in [6, 6.07) is 4.43. The first-order valence-corrected chi connectivity index (χ1v) is 7.56. The number of methoxy groups -OCH3 is 1. The lowest BCUT2D eigenvalue weighted by molar-refractivity contribution is -0.384. The molecule has 1 aromatic carbocycles. The molecule has 126 valence electrons. The number of nitro benzene ring substituents is 1. The van der Waals surface area contributed by atoms with Crippen LogP contribution in [0.2, 0.25) is 0 Å². The highest BCUT2D eigenvalue weighted by Crippen LogP contribution is 2.32. The smallest absolute Gasteiger partial charge is 0.325 e. The van der Waals surface area contributed by atoms with Crippen molar-refractivity contribution in [1.29, 1.82) is 0 Å². The van der Waals surface area contributed by atoms with Crippen LogP contribution in [0.5, 0.6) is 0 Å². The Morgan fingerprint density at radius 3 is 2.83 bits per heavy atom. The Kier molecular flexibility index (Phi) is 3.96. The third-order valence-corrected chi connectivity index (χ3v) is 4.35. The number of hydrogen-bond acceptors (Lipinski definition) is 5. The third kappa shape index (κ3) is 2.49. The van der Waals surface area contributed by atoms with E-state index in [1.54, 1.807) is 22.6 Å². The van der Waals surface area contributed by atoms with Crippen molar-refractivity contribution in [3.8, 4) is 0 Å². The maximum Gasteiger partial charge on any atom is 0.325 e. The summed E-state index contributed by atoms with van der Waals surface area (Å²) in [5, 5.41) is 11.7. The van der Waals surface area contributed by atoms with Gasteiger partial charge in [0.15, 0.2) is 0 Å². The second-order valence-corrected chi connectivity index (χ2v) is 5.78. The van der Waals surface area contributed by atoms with Gasteiger partial charge in [0.2, 0.25) is 0 Å². The lowest BCUT2D eigenvalue weighted by Gasteiger charge is -2.16. The van der Waals surface area contributed by atoms with E-state index < -0.39 is 10.9 Å². The maximum absolute atomic E-state index is 12.7. The number of benzene rings is 1. The van der Waals surface area contributed by atoms with Gasteiger partial charge in [-0.25, -0.2) is 0 Å². The molecule has 0 saturated heterocycles. The van der Waals surface area contributed by atoms with Gasteiger partial charge < -0.3 is 14.2 Å². The van der Waals surface area contributed by atoms with Gasteiger partial charge in [-0.1, -0.05) is 0 Å². The zero-order chi connectivity index (χ0) is 17.4. The molecule has 0 radical (unpaired) electrons. The molecule has 3 rings (SSSR count). The second kappa shape index (κ2) is 5.95. The summed E-state index contributed by atoms with van der Waals surface area (Å²) >= 11 is 0. The van der Waals surface area contributed by atoms with Gasteiger partial charge in [0, 0.05) is 36.6 Å². The minimum Gasteiger partial charge on any atom is -0.468 e. The number of carbonyl (C=O) groups excluding carboxylic acids is 2. The summed E-state index contributed by atoms with van der Waals surface area (Å²) < 4.78 is 6.33. The molecule has 1 aliphatic rings. The van der Waals surface area contributed by atoms with E-state index in [0.29, 0.717) is 29.6 Å². The monoisotopic (exact) mass is 331 g/mol. The fourth-order valence-corrected chi connectivity index (χ4v) is 3.16. The van der Waals surface area contributed by atoms with Crippen molar-refractivity contribution < 1.29 is 19.2 Å². The zero-order valence-electron chi connectivity index (χ0n) is 13.4. The van der Waals surface area contributed by atoms with Crippen LogP contribution in [-0.2, 0) is 22.5 Å². The summed E-state index contributed by atoms with van der Waals surface area (Å²) in [6.07, 6.45) is 1.38. The van der Waals surface area contributed by atoms with Crippen molar-refractivity contribution in [3.05, 3.63) is 39.6 Å². The number of aryl methyl sites for hydroxylation is 1.